The monoisotopic (exact) mass is 656 g/mol. The zero-order valence-electron chi connectivity index (χ0n) is 27.1. The highest BCUT2D eigenvalue weighted by Crippen LogP contribution is 2.46. The van der Waals surface area contributed by atoms with E-state index in [4.69, 9.17) is 0 Å². The van der Waals surface area contributed by atoms with Crippen LogP contribution in [0.2, 0.25) is 0 Å². The molecule has 12 heteroatoms. The van der Waals surface area contributed by atoms with Crippen LogP contribution >= 0.6 is 0 Å². The molecular formula is C34H48N4O7S. The first-order chi connectivity index (χ1) is 21.7. The number of sulfonamides is 1. The average Bonchev–Trinajstić information content (AvgIpc) is 3.92. The van der Waals surface area contributed by atoms with Crippen molar-refractivity contribution in [2.45, 2.75) is 113 Å². The van der Waals surface area contributed by atoms with E-state index in [0.717, 1.165) is 24.8 Å². The maximum Gasteiger partial charge on any atom is 0.408 e. The topological polar surface area (TPSA) is 153 Å². The van der Waals surface area contributed by atoms with Gasteiger partial charge in [0.2, 0.25) is 21.8 Å². The minimum atomic E-state index is -3.86. The second-order valence-corrected chi connectivity index (χ2v) is 15.8. The number of carbonyl (C=O) groups is 4. The molecule has 0 radical (unpaired) electrons. The Balaban J connectivity index is 1.64. The summed E-state index contributed by atoms with van der Waals surface area (Å²) in [5.74, 6) is -2.55. The standard InChI is InChI=1S/C34H48N4O7S/c1-6-8-9-10-14-17-27(38(32(42)43)33(3,4)5)30(40)37-22-24(23-15-12-11-13-16-23)20-28(37)29(39)35-34(21-25(34)7-2)31(41)36-46(44,45)26-18-19-26/h6-7,11-13,15-16,24-28H,1-2,8-10,14,17-22H2,3-5H3,(H,35,39)(H,36,41)(H,42,43)/t24-,25-,27+,28+,34-/m1/s1. The Morgan fingerprint density at radius 1 is 1.11 bits per heavy atom. The molecule has 0 spiro atoms. The van der Waals surface area contributed by atoms with Crippen LogP contribution in [0, 0.1) is 5.92 Å². The van der Waals surface area contributed by atoms with Gasteiger partial charge in [0, 0.05) is 23.9 Å². The Hall–Kier alpha value is -3.67. The molecular weight excluding hydrogens is 608 g/mol. The van der Waals surface area contributed by atoms with Crippen LogP contribution in [0.25, 0.3) is 0 Å². The number of benzene rings is 1. The number of nitrogens with one attached hydrogen (secondary N) is 2. The van der Waals surface area contributed by atoms with Gasteiger partial charge in [0.15, 0.2) is 0 Å². The molecule has 1 aromatic carbocycles. The van der Waals surface area contributed by atoms with Gasteiger partial charge in [-0.2, -0.15) is 0 Å². The third-order valence-electron chi connectivity index (χ3n) is 9.32. The van der Waals surface area contributed by atoms with Gasteiger partial charge in [0.1, 0.15) is 17.6 Å². The Morgan fingerprint density at radius 2 is 1.78 bits per heavy atom. The van der Waals surface area contributed by atoms with Crippen LogP contribution in [0.1, 0.15) is 90.0 Å². The van der Waals surface area contributed by atoms with Gasteiger partial charge in [-0.05, 0) is 71.3 Å². The molecule has 3 fully saturated rings. The van der Waals surface area contributed by atoms with Gasteiger partial charge in [-0.25, -0.2) is 13.2 Å². The number of amides is 4. The molecule has 0 aromatic heterocycles. The summed E-state index contributed by atoms with van der Waals surface area (Å²) < 4.78 is 27.4. The molecule has 1 saturated heterocycles. The molecule has 1 aliphatic heterocycles. The van der Waals surface area contributed by atoms with Gasteiger partial charge in [-0.3, -0.25) is 24.0 Å². The van der Waals surface area contributed by atoms with Gasteiger partial charge in [0.05, 0.1) is 5.25 Å². The summed E-state index contributed by atoms with van der Waals surface area (Å²) in [5.41, 5.74) is -1.46. The van der Waals surface area contributed by atoms with Crippen molar-refractivity contribution in [3.05, 3.63) is 61.2 Å². The fraction of sp³-hybridized carbons (Fsp3) is 0.588. The third-order valence-corrected chi connectivity index (χ3v) is 11.1. The lowest BCUT2D eigenvalue weighted by Crippen LogP contribution is -2.60. The van der Waals surface area contributed by atoms with E-state index in [1.807, 2.05) is 36.4 Å². The van der Waals surface area contributed by atoms with Crippen molar-refractivity contribution in [1.29, 1.82) is 0 Å². The molecule has 46 heavy (non-hydrogen) atoms. The Kier molecular flexibility index (Phi) is 10.7. The molecule has 1 aromatic rings. The number of carboxylic acid groups (broad SMARTS) is 1. The van der Waals surface area contributed by atoms with E-state index < -0.39 is 68.2 Å². The summed E-state index contributed by atoms with van der Waals surface area (Å²) in [6.07, 6.45) is 6.86. The lowest BCUT2D eigenvalue weighted by atomic mass is 9.96. The highest BCUT2D eigenvalue weighted by molar-refractivity contribution is 7.91. The lowest BCUT2D eigenvalue weighted by molar-refractivity contribution is -0.144. The minimum Gasteiger partial charge on any atom is -0.465 e. The number of rotatable bonds is 15. The first-order valence-electron chi connectivity index (χ1n) is 16.2. The van der Waals surface area contributed by atoms with E-state index in [1.54, 1.807) is 20.8 Å². The molecule has 252 valence electrons. The summed E-state index contributed by atoms with van der Waals surface area (Å²) in [4.78, 5) is 57.2. The van der Waals surface area contributed by atoms with Crippen molar-refractivity contribution in [2.75, 3.05) is 6.54 Å². The Bertz CT molecular complexity index is 1440. The number of nitrogens with zero attached hydrogens (tertiary/aromatic N) is 2. The van der Waals surface area contributed by atoms with Gasteiger partial charge >= 0.3 is 6.09 Å². The Morgan fingerprint density at radius 3 is 2.33 bits per heavy atom. The molecule has 2 saturated carbocycles. The molecule has 11 nitrogen and oxygen atoms in total. The van der Waals surface area contributed by atoms with Crippen molar-refractivity contribution in [3.8, 4) is 0 Å². The summed E-state index contributed by atoms with van der Waals surface area (Å²) in [6.45, 7) is 12.9. The predicted octanol–water partition coefficient (Wildman–Crippen LogP) is 4.32. The van der Waals surface area contributed by atoms with Gasteiger partial charge in [-0.1, -0.05) is 55.3 Å². The predicted molar refractivity (Wildman–Crippen MR) is 175 cm³/mol. The fourth-order valence-electron chi connectivity index (χ4n) is 6.56. The van der Waals surface area contributed by atoms with Gasteiger partial charge in [0.25, 0.3) is 5.91 Å². The SMILES string of the molecule is C=CCCCCC[C@@H](C(=O)N1C[C@H](c2ccccc2)C[C@H]1C(=O)N[C@]1(C(=O)NS(=O)(=O)C2CC2)C[C@H]1C=C)N(C(=O)O)C(C)(C)C. The summed E-state index contributed by atoms with van der Waals surface area (Å²) in [6, 6.07) is 7.45. The molecule has 3 N–H and O–H groups in total. The van der Waals surface area contributed by atoms with E-state index in [-0.39, 0.29) is 31.7 Å². The highest BCUT2D eigenvalue weighted by Gasteiger charge is 2.62. The van der Waals surface area contributed by atoms with Gasteiger partial charge < -0.3 is 15.3 Å². The Labute approximate surface area is 272 Å². The molecule has 3 aliphatic rings. The van der Waals surface area contributed by atoms with Crippen molar-refractivity contribution in [3.63, 3.8) is 0 Å². The molecule has 2 aliphatic carbocycles. The first-order valence-corrected chi connectivity index (χ1v) is 17.7. The van der Waals surface area contributed by atoms with Gasteiger partial charge in [-0.15, -0.1) is 13.2 Å². The van der Waals surface area contributed by atoms with Crippen LogP contribution in [0.15, 0.2) is 55.6 Å². The molecule has 0 unspecified atom stereocenters. The van der Waals surface area contributed by atoms with E-state index in [1.165, 1.54) is 15.9 Å². The number of allylic oxidation sites excluding steroid dienone is 1. The molecule has 5 atom stereocenters. The van der Waals surface area contributed by atoms with E-state index in [2.05, 4.69) is 23.2 Å². The van der Waals surface area contributed by atoms with Crippen molar-refractivity contribution >= 4 is 33.8 Å². The van der Waals surface area contributed by atoms with E-state index in [0.29, 0.717) is 19.3 Å². The van der Waals surface area contributed by atoms with Crippen molar-refractivity contribution in [2.24, 2.45) is 5.92 Å². The first kappa shape index (κ1) is 35.2. The summed E-state index contributed by atoms with van der Waals surface area (Å²) in [5, 5.41) is 12.5. The summed E-state index contributed by atoms with van der Waals surface area (Å²) in [7, 11) is -3.86. The third kappa shape index (κ3) is 7.82. The maximum atomic E-state index is 14.5. The van der Waals surface area contributed by atoms with Crippen LogP contribution in [0.5, 0.6) is 0 Å². The van der Waals surface area contributed by atoms with E-state index >= 15 is 0 Å². The van der Waals surface area contributed by atoms with Crippen LogP contribution in [0.3, 0.4) is 0 Å². The van der Waals surface area contributed by atoms with Crippen LogP contribution in [-0.2, 0) is 24.4 Å². The number of carbonyl (C=O) groups excluding carboxylic acids is 3. The smallest absolute Gasteiger partial charge is 0.408 e. The molecule has 4 rings (SSSR count). The average molecular weight is 657 g/mol. The number of hydrogen-bond donors (Lipinski definition) is 3. The van der Waals surface area contributed by atoms with Crippen LogP contribution in [0.4, 0.5) is 4.79 Å². The molecule has 1 heterocycles. The maximum absolute atomic E-state index is 14.5. The second-order valence-electron chi connectivity index (χ2n) is 13.8. The minimum absolute atomic E-state index is 0.182. The molecule has 4 amide bonds. The van der Waals surface area contributed by atoms with Crippen LogP contribution < -0.4 is 10.0 Å². The normalized spacial score (nSPS) is 24.8. The van der Waals surface area contributed by atoms with E-state index in [9.17, 15) is 32.7 Å². The zero-order chi connectivity index (χ0) is 33.9. The molecule has 0 bridgehead atoms. The van der Waals surface area contributed by atoms with Crippen molar-refractivity contribution in [1.82, 2.24) is 19.8 Å². The quantitative estimate of drug-likeness (QED) is 0.188. The largest absolute Gasteiger partial charge is 0.465 e. The zero-order valence-corrected chi connectivity index (χ0v) is 27.9. The fourth-order valence-corrected chi connectivity index (χ4v) is 7.92. The second kappa shape index (κ2) is 14.0. The number of hydrogen-bond acceptors (Lipinski definition) is 6. The lowest BCUT2D eigenvalue weighted by Gasteiger charge is -2.41. The van der Waals surface area contributed by atoms with Crippen LogP contribution in [-0.4, -0.2) is 82.1 Å². The highest BCUT2D eigenvalue weighted by atomic mass is 32.2. The van der Waals surface area contributed by atoms with Crippen molar-refractivity contribution < 1.29 is 32.7 Å². The number of likely N-dealkylation sites (tertiary alicyclic amines) is 1. The summed E-state index contributed by atoms with van der Waals surface area (Å²) >= 11 is 0. The number of unbranched alkanes of at least 4 members (excludes halogenated alkanes) is 3.